The van der Waals surface area contributed by atoms with Crippen molar-refractivity contribution in [3.05, 3.63) is 34.9 Å². The van der Waals surface area contributed by atoms with Gasteiger partial charge in [-0.3, -0.25) is 4.79 Å². The van der Waals surface area contributed by atoms with Crippen molar-refractivity contribution in [3.63, 3.8) is 0 Å². The molecule has 1 heterocycles. The molecule has 0 bridgehead atoms. The highest BCUT2D eigenvalue weighted by Crippen LogP contribution is 2.14. The lowest BCUT2D eigenvalue weighted by Crippen LogP contribution is -2.34. The average molecular weight is 269 g/mol. The molecule has 1 aromatic rings. The molecule has 0 aromatic heterocycles. The van der Waals surface area contributed by atoms with Gasteiger partial charge in [-0.1, -0.05) is 17.7 Å². The third kappa shape index (κ3) is 3.47. The largest absolute Gasteiger partial charge is 0.337 e. The van der Waals surface area contributed by atoms with Crippen LogP contribution in [0.1, 0.15) is 27.9 Å². The molecule has 0 saturated carbocycles. The summed E-state index contributed by atoms with van der Waals surface area (Å²) in [5.41, 5.74) is 3.07. The Hall–Kier alpha value is -1.06. The number of carbonyl (C=O) groups excluding carboxylic acids is 1. The molecule has 1 amide bonds. The number of nitrogens with one attached hydrogen (secondary N) is 1. The number of halogens is 1. The predicted octanol–water partition coefficient (Wildman–Crippen LogP) is 2.16. The summed E-state index contributed by atoms with van der Waals surface area (Å²) in [5.74, 6) is 0.176. The Morgan fingerprint density at radius 3 is 2.78 bits per heavy atom. The molecular formula is C14H21ClN2O. The minimum atomic E-state index is 0. The van der Waals surface area contributed by atoms with Crippen LogP contribution in [0.25, 0.3) is 0 Å². The van der Waals surface area contributed by atoms with E-state index in [2.05, 4.69) is 11.4 Å². The molecule has 1 saturated heterocycles. The number of rotatable bonds is 1. The van der Waals surface area contributed by atoms with E-state index >= 15 is 0 Å². The van der Waals surface area contributed by atoms with Gasteiger partial charge >= 0.3 is 0 Å². The zero-order chi connectivity index (χ0) is 12.3. The SMILES string of the molecule is Cc1ccc(C)c(C(=O)N2CCCNCC2)c1.Cl. The Kier molecular flexibility index (Phi) is 5.63. The van der Waals surface area contributed by atoms with Gasteiger partial charge in [-0.05, 0) is 38.4 Å². The molecule has 2 rings (SSSR count). The van der Waals surface area contributed by atoms with E-state index in [-0.39, 0.29) is 18.3 Å². The van der Waals surface area contributed by atoms with Gasteiger partial charge in [0.1, 0.15) is 0 Å². The molecule has 0 atom stereocenters. The van der Waals surface area contributed by atoms with Gasteiger partial charge in [-0.15, -0.1) is 12.4 Å². The number of benzene rings is 1. The third-order valence-electron chi connectivity index (χ3n) is 3.25. The summed E-state index contributed by atoms with van der Waals surface area (Å²) in [6.45, 7) is 7.61. The van der Waals surface area contributed by atoms with E-state index in [9.17, 15) is 4.79 Å². The molecular weight excluding hydrogens is 248 g/mol. The maximum absolute atomic E-state index is 12.4. The van der Waals surface area contributed by atoms with Crippen molar-refractivity contribution in [1.29, 1.82) is 0 Å². The highest BCUT2D eigenvalue weighted by atomic mass is 35.5. The molecule has 0 aliphatic carbocycles. The lowest BCUT2D eigenvalue weighted by atomic mass is 10.0. The molecule has 1 aliphatic rings. The first-order chi connectivity index (χ1) is 8.18. The first-order valence-electron chi connectivity index (χ1n) is 6.26. The summed E-state index contributed by atoms with van der Waals surface area (Å²) in [7, 11) is 0. The van der Waals surface area contributed by atoms with Crippen molar-refractivity contribution < 1.29 is 4.79 Å². The van der Waals surface area contributed by atoms with E-state index in [0.29, 0.717) is 0 Å². The Morgan fingerprint density at radius 1 is 1.22 bits per heavy atom. The number of carbonyl (C=O) groups is 1. The van der Waals surface area contributed by atoms with E-state index < -0.39 is 0 Å². The second-order valence-electron chi connectivity index (χ2n) is 4.71. The summed E-state index contributed by atoms with van der Waals surface area (Å²) >= 11 is 0. The summed E-state index contributed by atoms with van der Waals surface area (Å²) in [4.78, 5) is 14.4. The fourth-order valence-electron chi connectivity index (χ4n) is 2.19. The van der Waals surface area contributed by atoms with Crippen molar-refractivity contribution in [3.8, 4) is 0 Å². The second-order valence-corrected chi connectivity index (χ2v) is 4.71. The molecule has 4 heteroatoms. The van der Waals surface area contributed by atoms with E-state index in [1.54, 1.807) is 0 Å². The van der Waals surface area contributed by atoms with Crippen LogP contribution in [0.2, 0.25) is 0 Å². The topological polar surface area (TPSA) is 32.3 Å². The standard InChI is InChI=1S/C14H20N2O.ClH/c1-11-4-5-12(2)13(10-11)14(17)16-8-3-6-15-7-9-16;/h4-5,10,15H,3,6-9H2,1-2H3;1H. The van der Waals surface area contributed by atoms with Crippen LogP contribution in [-0.2, 0) is 0 Å². The van der Waals surface area contributed by atoms with Crippen LogP contribution < -0.4 is 5.32 Å². The van der Waals surface area contributed by atoms with E-state index in [0.717, 1.165) is 49.3 Å². The first kappa shape index (κ1) is 15.0. The van der Waals surface area contributed by atoms with Crippen LogP contribution in [0, 0.1) is 13.8 Å². The van der Waals surface area contributed by atoms with Crippen molar-refractivity contribution in [1.82, 2.24) is 10.2 Å². The van der Waals surface area contributed by atoms with Crippen LogP contribution in [0.3, 0.4) is 0 Å². The zero-order valence-electron chi connectivity index (χ0n) is 11.0. The van der Waals surface area contributed by atoms with Gasteiger partial charge in [0, 0.05) is 25.2 Å². The number of amides is 1. The molecule has 1 aliphatic heterocycles. The van der Waals surface area contributed by atoms with Crippen molar-refractivity contribution in [2.45, 2.75) is 20.3 Å². The Bertz CT molecular complexity index is 412. The van der Waals surface area contributed by atoms with Crippen LogP contribution in [0.5, 0.6) is 0 Å². The number of hydrogen-bond donors (Lipinski definition) is 1. The lowest BCUT2D eigenvalue weighted by Gasteiger charge is -2.21. The van der Waals surface area contributed by atoms with Crippen LogP contribution in [0.4, 0.5) is 0 Å². The summed E-state index contributed by atoms with van der Waals surface area (Å²) in [6, 6.07) is 6.07. The maximum Gasteiger partial charge on any atom is 0.254 e. The van der Waals surface area contributed by atoms with Gasteiger partial charge in [-0.25, -0.2) is 0 Å². The van der Waals surface area contributed by atoms with Gasteiger partial charge in [-0.2, -0.15) is 0 Å². The molecule has 0 spiro atoms. The van der Waals surface area contributed by atoms with E-state index in [1.807, 2.05) is 30.9 Å². The summed E-state index contributed by atoms with van der Waals surface area (Å²) in [6.07, 6.45) is 1.04. The highest BCUT2D eigenvalue weighted by molar-refractivity contribution is 5.95. The Labute approximate surface area is 115 Å². The van der Waals surface area contributed by atoms with Gasteiger partial charge in [0.2, 0.25) is 0 Å². The minimum absolute atomic E-state index is 0. The molecule has 1 fully saturated rings. The van der Waals surface area contributed by atoms with Crippen LogP contribution >= 0.6 is 12.4 Å². The van der Waals surface area contributed by atoms with Gasteiger partial charge in [0.05, 0.1) is 0 Å². The smallest absolute Gasteiger partial charge is 0.254 e. The first-order valence-corrected chi connectivity index (χ1v) is 6.26. The van der Waals surface area contributed by atoms with Crippen molar-refractivity contribution >= 4 is 18.3 Å². The number of hydrogen-bond acceptors (Lipinski definition) is 2. The van der Waals surface area contributed by atoms with Crippen LogP contribution in [-0.4, -0.2) is 37.0 Å². The van der Waals surface area contributed by atoms with E-state index in [4.69, 9.17) is 0 Å². The molecule has 100 valence electrons. The fraction of sp³-hybridized carbons (Fsp3) is 0.500. The average Bonchev–Trinajstić information content (AvgIpc) is 2.60. The predicted molar refractivity (Wildman–Crippen MR) is 76.6 cm³/mol. The van der Waals surface area contributed by atoms with Gasteiger partial charge in [0.25, 0.3) is 5.91 Å². The summed E-state index contributed by atoms with van der Waals surface area (Å²) in [5, 5.41) is 3.32. The Balaban J connectivity index is 0.00000162. The Morgan fingerprint density at radius 2 is 2.00 bits per heavy atom. The van der Waals surface area contributed by atoms with Crippen molar-refractivity contribution in [2.24, 2.45) is 0 Å². The van der Waals surface area contributed by atoms with Crippen LogP contribution in [0.15, 0.2) is 18.2 Å². The minimum Gasteiger partial charge on any atom is -0.337 e. The normalized spacial score (nSPS) is 15.8. The molecule has 0 radical (unpaired) electrons. The number of nitrogens with zero attached hydrogens (tertiary/aromatic N) is 1. The lowest BCUT2D eigenvalue weighted by molar-refractivity contribution is 0.0765. The van der Waals surface area contributed by atoms with Crippen molar-refractivity contribution in [2.75, 3.05) is 26.2 Å². The molecule has 3 nitrogen and oxygen atoms in total. The third-order valence-corrected chi connectivity index (χ3v) is 3.25. The molecule has 1 N–H and O–H groups in total. The number of aryl methyl sites for hydroxylation is 2. The monoisotopic (exact) mass is 268 g/mol. The zero-order valence-corrected chi connectivity index (χ0v) is 11.8. The van der Waals surface area contributed by atoms with E-state index in [1.165, 1.54) is 0 Å². The van der Waals surface area contributed by atoms with Gasteiger partial charge < -0.3 is 10.2 Å². The fourth-order valence-corrected chi connectivity index (χ4v) is 2.19. The second kappa shape index (κ2) is 6.76. The maximum atomic E-state index is 12.4. The molecule has 1 aromatic carbocycles. The highest BCUT2D eigenvalue weighted by Gasteiger charge is 2.18. The summed E-state index contributed by atoms with van der Waals surface area (Å²) < 4.78 is 0. The quantitative estimate of drug-likeness (QED) is 0.847. The van der Waals surface area contributed by atoms with Gasteiger partial charge in [0.15, 0.2) is 0 Å². The molecule has 0 unspecified atom stereocenters. The molecule has 18 heavy (non-hydrogen) atoms.